The zero-order valence-corrected chi connectivity index (χ0v) is 17.5. The van der Waals surface area contributed by atoms with Crippen molar-refractivity contribution in [2.45, 2.75) is 19.4 Å². The van der Waals surface area contributed by atoms with Crippen LogP contribution >= 0.6 is 11.6 Å². The third kappa shape index (κ3) is 5.34. The Balaban J connectivity index is 1.58. The van der Waals surface area contributed by atoms with Gasteiger partial charge in [-0.05, 0) is 55.6 Å². The molecule has 0 aliphatic carbocycles. The number of para-hydroxylation sites is 1. The second-order valence-electron chi connectivity index (χ2n) is 7.27. The minimum atomic E-state index is -0.176. The molecule has 0 bridgehead atoms. The van der Waals surface area contributed by atoms with E-state index in [0.717, 1.165) is 31.5 Å². The molecule has 156 valence electrons. The van der Waals surface area contributed by atoms with Gasteiger partial charge in [0.15, 0.2) is 11.5 Å². The zero-order chi connectivity index (χ0) is 20.8. The molecule has 0 saturated carbocycles. The number of phenolic OH excluding ortho intramolecular Hbond substituents is 1. The minimum Gasteiger partial charge on any atom is -0.508 e. The average molecular weight is 419 g/mol. The molecule has 2 aromatic carbocycles. The number of carbonyl (C=O) groups excluding carboxylic acids is 1. The van der Waals surface area contributed by atoms with Crippen LogP contribution in [0.15, 0.2) is 36.4 Å². The summed E-state index contributed by atoms with van der Waals surface area (Å²) in [6.45, 7) is 3.03. The Morgan fingerprint density at radius 2 is 2.10 bits per heavy atom. The van der Waals surface area contributed by atoms with Gasteiger partial charge in [0.05, 0.1) is 19.8 Å². The monoisotopic (exact) mass is 418 g/mol. The Labute approximate surface area is 176 Å². The molecule has 6 nitrogen and oxygen atoms in total. The maximum absolute atomic E-state index is 12.7. The van der Waals surface area contributed by atoms with Crippen molar-refractivity contribution in [1.29, 1.82) is 0 Å². The number of rotatable bonds is 7. The minimum absolute atomic E-state index is 0.176. The van der Waals surface area contributed by atoms with E-state index in [1.54, 1.807) is 43.5 Å². The van der Waals surface area contributed by atoms with Gasteiger partial charge >= 0.3 is 0 Å². The molecule has 0 aromatic heterocycles. The maximum atomic E-state index is 12.7. The smallest absolute Gasteiger partial charge is 0.255 e. The van der Waals surface area contributed by atoms with Crippen molar-refractivity contribution in [3.05, 3.63) is 52.5 Å². The Kier molecular flexibility index (Phi) is 7.23. The molecular formula is C22H27ClN2O4. The first-order valence-electron chi connectivity index (χ1n) is 9.70. The van der Waals surface area contributed by atoms with E-state index in [0.29, 0.717) is 41.1 Å². The summed E-state index contributed by atoms with van der Waals surface area (Å²) in [5.41, 5.74) is 1.28. The molecule has 1 saturated heterocycles. The summed E-state index contributed by atoms with van der Waals surface area (Å²) in [5.74, 6) is 1.39. The molecule has 1 aliphatic rings. The van der Waals surface area contributed by atoms with Gasteiger partial charge in [-0.3, -0.25) is 9.69 Å². The number of nitrogens with zero attached hydrogens (tertiary/aromatic N) is 1. The molecule has 1 heterocycles. The van der Waals surface area contributed by atoms with E-state index in [1.165, 1.54) is 7.11 Å². The van der Waals surface area contributed by atoms with Crippen LogP contribution in [0.3, 0.4) is 0 Å². The number of piperidine rings is 1. The number of carbonyl (C=O) groups is 1. The first kappa shape index (κ1) is 21.3. The molecular weight excluding hydrogens is 392 g/mol. The number of halogens is 1. The quantitative estimate of drug-likeness (QED) is 0.717. The van der Waals surface area contributed by atoms with Crippen LogP contribution in [0.1, 0.15) is 28.8 Å². The number of aromatic hydroxyl groups is 1. The summed E-state index contributed by atoms with van der Waals surface area (Å²) in [5, 5.41) is 13.7. The normalized spacial score (nSPS) is 17.0. The fourth-order valence-corrected chi connectivity index (χ4v) is 3.98. The number of methoxy groups -OCH3 is 2. The van der Waals surface area contributed by atoms with Crippen LogP contribution in [0.5, 0.6) is 17.2 Å². The first-order chi connectivity index (χ1) is 14.0. The molecule has 0 spiro atoms. The van der Waals surface area contributed by atoms with Crippen LogP contribution in [0.25, 0.3) is 0 Å². The summed E-state index contributed by atoms with van der Waals surface area (Å²) in [6.07, 6.45) is 2.10. The van der Waals surface area contributed by atoms with Crippen LogP contribution in [-0.4, -0.2) is 49.8 Å². The van der Waals surface area contributed by atoms with Crippen molar-refractivity contribution in [3.8, 4) is 17.2 Å². The van der Waals surface area contributed by atoms with E-state index in [4.69, 9.17) is 21.1 Å². The maximum Gasteiger partial charge on any atom is 0.255 e. The third-order valence-corrected chi connectivity index (χ3v) is 5.47. The van der Waals surface area contributed by atoms with Gasteiger partial charge in [-0.1, -0.05) is 17.7 Å². The van der Waals surface area contributed by atoms with Crippen molar-refractivity contribution in [1.82, 2.24) is 10.2 Å². The molecule has 1 atom stereocenters. The Bertz CT molecular complexity index is 859. The Hall–Kier alpha value is -2.44. The van der Waals surface area contributed by atoms with Gasteiger partial charge in [-0.15, -0.1) is 0 Å². The number of hydrogen-bond acceptors (Lipinski definition) is 5. The van der Waals surface area contributed by atoms with Gasteiger partial charge in [-0.25, -0.2) is 0 Å². The number of phenols is 1. The van der Waals surface area contributed by atoms with Gasteiger partial charge in [-0.2, -0.15) is 0 Å². The van der Waals surface area contributed by atoms with Gasteiger partial charge in [0.1, 0.15) is 5.75 Å². The summed E-state index contributed by atoms with van der Waals surface area (Å²) in [4.78, 5) is 15.0. The van der Waals surface area contributed by atoms with E-state index >= 15 is 0 Å². The molecule has 0 radical (unpaired) electrons. The van der Waals surface area contributed by atoms with E-state index in [-0.39, 0.29) is 11.7 Å². The number of amides is 1. The number of nitrogens with one attached hydrogen (secondary N) is 1. The van der Waals surface area contributed by atoms with Crippen molar-refractivity contribution >= 4 is 17.5 Å². The largest absolute Gasteiger partial charge is 0.508 e. The van der Waals surface area contributed by atoms with E-state index < -0.39 is 0 Å². The van der Waals surface area contributed by atoms with Gasteiger partial charge in [0.2, 0.25) is 0 Å². The second-order valence-corrected chi connectivity index (χ2v) is 7.70. The summed E-state index contributed by atoms with van der Waals surface area (Å²) < 4.78 is 10.6. The van der Waals surface area contributed by atoms with Crippen molar-refractivity contribution in [2.75, 3.05) is 33.9 Å². The molecule has 1 aliphatic heterocycles. The lowest BCUT2D eigenvalue weighted by Crippen LogP contribution is -2.40. The topological polar surface area (TPSA) is 71.0 Å². The lowest BCUT2D eigenvalue weighted by Gasteiger charge is -2.33. The molecule has 2 aromatic rings. The van der Waals surface area contributed by atoms with Gasteiger partial charge in [0.25, 0.3) is 5.91 Å². The van der Waals surface area contributed by atoms with Crippen LogP contribution in [0, 0.1) is 5.92 Å². The fourth-order valence-electron chi connectivity index (χ4n) is 3.78. The molecule has 2 N–H and O–H groups in total. The van der Waals surface area contributed by atoms with Crippen molar-refractivity contribution in [3.63, 3.8) is 0 Å². The predicted molar refractivity (Wildman–Crippen MR) is 113 cm³/mol. The summed E-state index contributed by atoms with van der Waals surface area (Å²) in [6, 6.07) is 10.4. The number of benzene rings is 2. The second kappa shape index (κ2) is 9.85. The van der Waals surface area contributed by atoms with E-state index in [1.807, 2.05) is 0 Å². The standard InChI is InChI=1S/C22H27ClN2O4/c1-28-20-7-3-6-18(21(20)29-2)22(27)24-12-15-5-4-10-25(13-15)14-16-11-17(23)8-9-19(16)26/h3,6-9,11,15,26H,4-5,10,12-14H2,1-2H3,(H,24,27). The number of hydrogen-bond donors (Lipinski definition) is 2. The summed E-state index contributed by atoms with van der Waals surface area (Å²) in [7, 11) is 3.08. The van der Waals surface area contributed by atoms with E-state index in [2.05, 4.69) is 10.2 Å². The Morgan fingerprint density at radius 1 is 1.28 bits per heavy atom. The zero-order valence-electron chi connectivity index (χ0n) is 16.8. The van der Waals surface area contributed by atoms with Crippen LogP contribution in [0.4, 0.5) is 0 Å². The molecule has 1 amide bonds. The van der Waals surface area contributed by atoms with Crippen LogP contribution in [-0.2, 0) is 6.54 Å². The van der Waals surface area contributed by atoms with Gasteiger partial charge in [0, 0.05) is 30.2 Å². The van der Waals surface area contributed by atoms with E-state index in [9.17, 15) is 9.90 Å². The Morgan fingerprint density at radius 3 is 2.86 bits per heavy atom. The van der Waals surface area contributed by atoms with Crippen molar-refractivity contribution in [2.24, 2.45) is 5.92 Å². The highest BCUT2D eigenvalue weighted by Crippen LogP contribution is 2.31. The molecule has 7 heteroatoms. The number of likely N-dealkylation sites (tertiary alicyclic amines) is 1. The molecule has 1 fully saturated rings. The first-order valence-corrected chi connectivity index (χ1v) is 10.1. The van der Waals surface area contributed by atoms with Crippen LogP contribution in [0.2, 0.25) is 5.02 Å². The highest BCUT2D eigenvalue weighted by Gasteiger charge is 2.23. The summed E-state index contributed by atoms with van der Waals surface area (Å²) >= 11 is 6.06. The average Bonchev–Trinajstić information content (AvgIpc) is 2.74. The van der Waals surface area contributed by atoms with Crippen molar-refractivity contribution < 1.29 is 19.4 Å². The van der Waals surface area contributed by atoms with Gasteiger partial charge < -0.3 is 19.9 Å². The number of ether oxygens (including phenoxy) is 2. The SMILES string of the molecule is COc1cccc(C(=O)NCC2CCCN(Cc3cc(Cl)ccc3O)C2)c1OC. The molecule has 1 unspecified atom stereocenters. The lowest BCUT2D eigenvalue weighted by atomic mass is 9.97. The third-order valence-electron chi connectivity index (χ3n) is 5.24. The molecule has 3 rings (SSSR count). The van der Waals surface area contributed by atoms with Crippen LogP contribution < -0.4 is 14.8 Å². The fraction of sp³-hybridized carbons (Fsp3) is 0.409. The highest BCUT2D eigenvalue weighted by atomic mass is 35.5. The predicted octanol–water partition coefficient (Wildman–Crippen LogP) is 3.70. The highest BCUT2D eigenvalue weighted by molar-refractivity contribution is 6.30. The molecule has 29 heavy (non-hydrogen) atoms. The lowest BCUT2D eigenvalue weighted by molar-refractivity contribution is 0.0927.